The molecule has 4 nitrogen and oxygen atoms in total. The SMILES string of the molecule is O=C(O)CCCCC(=O)N(CC1CC1)c1ccccc1. The van der Waals surface area contributed by atoms with E-state index >= 15 is 0 Å². The van der Waals surface area contributed by atoms with Gasteiger partial charge in [-0.2, -0.15) is 0 Å². The predicted molar refractivity (Wildman–Crippen MR) is 77.6 cm³/mol. The van der Waals surface area contributed by atoms with E-state index in [4.69, 9.17) is 5.11 Å². The molecule has 1 aromatic rings. The number of carbonyl (C=O) groups excluding carboxylic acids is 1. The topological polar surface area (TPSA) is 57.6 Å². The van der Waals surface area contributed by atoms with Gasteiger partial charge in [-0.1, -0.05) is 18.2 Å². The van der Waals surface area contributed by atoms with Crippen molar-refractivity contribution in [2.75, 3.05) is 11.4 Å². The van der Waals surface area contributed by atoms with Crippen molar-refractivity contribution in [3.63, 3.8) is 0 Å². The molecule has 0 saturated heterocycles. The van der Waals surface area contributed by atoms with E-state index in [9.17, 15) is 9.59 Å². The largest absolute Gasteiger partial charge is 0.481 e. The van der Waals surface area contributed by atoms with Crippen LogP contribution in [0, 0.1) is 5.92 Å². The van der Waals surface area contributed by atoms with Crippen LogP contribution in [0.15, 0.2) is 30.3 Å². The molecular formula is C16H21NO3. The first kappa shape index (κ1) is 14.6. The Morgan fingerprint density at radius 3 is 2.35 bits per heavy atom. The monoisotopic (exact) mass is 275 g/mol. The van der Waals surface area contributed by atoms with Gasteiger partial charge in [-0.05, 0) is 43.7 Å². The average Bonchev–Trinajstić information content (AvgIpc) is 3.25. The molecule has 4 heteroatoms. The van der Waals surface area contributed by atoms with Crippen LogP contribution in [-0.4, -0.2) is 23.5 Å². The number of carbonyl (C=O) groups is 2. The summed E-state index contributed by atoms with van der Waals surface area (Å²) in [6.07, 6.45) is 4.17. The number of para-hydroxylation sites is 1. The van der Waals surface area contributed by atoms with Gasteiger partial charge in [0.05, 0.1) is 0 Å². The molecule has 0 radical (unpaired) electrons. The van der Waals surface area contributed by atoms with Gasteiger partial charge in [0.1, 0.15) is 0 Å². The highest BCUT2D eigenvalue weighted by atomic mass is 16.4. The zero-order valence-corrected chi connectivity index (χ0v) is 11.6. The molecule has 1 aliphatic carbocycles. The normalized spacial score (nSPS) is 14.0. The summed E-state index contributed by atoms with van der Waals surface area (Å²) in [7, 11) is 0. The van der Waals surface area contributed by atoms with Crippen LogP contribution in [0.2, 0.25) is 0 Å². The first-order chi connectivity index (χ1) is 9.66. The van der Waals surface area contributed by atoms with Gasteiger partial charge in [-0.15, -0.1) is 0 Å². The lowest BCUT2D eigenvalue weighted by molar-refractivity contribution is -0.137. The lowest BCUT2D eigenvalue weighted by Gasteiger charge is -2.22. The van der Waals surface area contributed by atoms with Crippen molar-refractivity contribution in [2.24, 2.45) is 5.92 Å². The Kier molecular flexibility index (Phi) is 5.16. The molecule has 0 atom stereocenters. The van der Waals surface area contributed by atoms with Gasteiger partial charge in [-0.3, -0.25) is 9.59 Å². The van der Waals surface area contributed by atoms with E-state index < -0.39 is 5.97 Å². The quantitative estimate of drug-likeness (QED) is 0.742. The van der Waals surface area contributed by atoms with E-state index in [0.29, 0.717) is 25.2 Å². The minimum absolute atomic E-state index is 0.105. The molecule has 0 heterocycles. The molecule has 108 valence electrons. The Labute approximate surface area is 119 Å². The first-order valence-corrected chi connectivity index (χ1v) is 7.24. The van der Waals surface area contributed by atoms with Crippen molar-refractivity contribution in [3.8, 4) is 0 Å². The van der Waals surface area contributed by atoms with E-state index in [1.54, 1.807) is 0 Å². The molecule has 1 amide bonds. The predicted octanol–water partition coefficient (Wildman–Crippen LogP) is 3.07. The molecule has 0 aliphatic heterocycles. The van der Waals surface area contributed by atoms with Crippen molar-refractivity contribution in [2.45, 2.75) is 38.5 Å². The third kappa shape index (κ3) is 4.68. The number of unbranched alkanes of at least 4 members (excludes halogenated alkanes) is 1. The maximum Gasteiger partial charge on any atom is 0.303 e. The fourth-order valence-corrected chi connectivity index (χ4v) is 2.21. The van der Waals surface area contributed by atoms with Crippen LogP contribution in [-0.2, 0) is 9.59 Å². The second kappa shape index (κ2) is 7.08. The number of aliphatic carboxylic acids is 1. The number of hydrogen-bond acceptors (Lipinski definition) is 2. The molecule has 0 spiro atoms. The molecule has 1 fully saturated rings. The lowest BCUT2D eigenvalue weighted by Crippen LogP contribution is -2.32. The van der Waals surface area contributed by atoms with Crippen molar-refractivity contribution in [1.29, 1.82) is 0 Å². The summed E-state index contributed by atoms with van der Waals surface area (Å²) in [4.78, 5) is 24.6. The van der Waals surface area contributed by atoms with Crippen LogP contribution in [0.25, 0.3) is 0 Å². The molecule has 1 aromatic carbocycles. The van der Waals surface area contributed by atoms with E-state index in [1.807, 2.05) is 35.2 Å². The van der Waals surface area contributed by atoms with Crippen LogP contribution in [0.5, 0.6) is 0 Å². The Morgan fingerprint density at radius 1 is 1.10 bits per heavy atom. The zero-order chi connectivity index (χ0) is 14.4. The molecule has 1 N–H and O–H groups in total. The summed E-state index contributed by atoms with van der Waals surface area (Å²) in [5.41, 5.74) is 0.947. The number of anilines is 1. The second-order valence-electron chi connectivity index (χ2n) is 5.38. The molecule has 2 rings (SSSR count). The third-order valence-electron chi connectivity index (χ3n) is 3.54. The Morgan fingerprint density at radius 2 is 1.75 bits per heavy atom. The molecule has 1 saturated carbocycles. The summed E-state index contributed by atoms with van der Waals surface area (Å²) in [6.45, 7) is 0.793. The Balaban J connectivity index is 1.89. The molecule has 1 aliphatic rings. The molecule has 20 heavy (non-hydrogen) atoms. The van der Waals surface area contributed by atoms with Gasteiger partial charge in [0.25, 0.3) is 0 Å². The number of nitrogens with zero attached hydrogens (tertiary/aromatic N) is 1. The van der Waals surface area contributed by atoms with Crippen LogP contribution in [0.1, 0.15) is 38.5 Å². The van der Waals surface area contributed by atoms with Crippen LogP contribution >= 0.6 is 0 Å². The molecular weight excluding hydrogens is 254 g/mol. The van der Waals surface area contributed by atoms with E-state index in [2.05, 4.69) is 0 Å². The number of carboxylic acids is 1. The second-order valence-corrected chi connectivity index (χ2v) is 5.38. The number of amides is 1. The van der Waals surface area contributed by atoms with Crippen molar-refractivity contribution in [1.82, 2.24) is 0 Å². The van der Waals surface area contributed by atoms with E-state index in [0.717, 1.165) is 12.2 Å². The summed E-state index contributed by atoms with van der Waals surface area (Å²) in [5, 5.41) is 8.60. The highest BCUT2D eigenvalue weighted by molar-refractivity contribution is 5.93. The van der Waals surface area contributed by atoms with Gasteiger partial charge < -0.3 is 10.0 Å². The molecule has 0 unspecified atom stereocenters. The third-order valence-corrected chi connectivity index (χ3v) is 3.54. The smallest absolute Gasteiger partial charge is 0.303 e. The number of rotatable bonds is 8. The van der Waals surface area contributed by atoms with Crippen LogP contribution in [0.3, 0.4) is 0 Å². The molecule has 0 aromatic heterocycles. The average molecular weight is 275 g/mol. The minimum Gasteiger partial charge on any atom is -0.481 e. The summed E-state index contributed by atoms with van der Waals surface area (Å²) in [5.74, 6) is -0.0537. The minimum atomic E-state index is -0.796. The number of carboxylic acid groups (broad SMARTS) is 1. The van der Waals surface area contributed by atoms with Crippen LogP contribution in [0.4, 0.5) is 5.69 Å². The lowest BCUT2D eigenvalue weighted by atomic mass is 10.1. The molecule has 0 bridgehead atoms. The Hall–Kier alpha value is -1.84. The fourth-order valence-electron chi connectivity index (χ4n) is 2.21. The number of benzene rings is 1. The highest BCUT2D eigenvalue weighted by Gasteiger charge is 2.27. The van der Waals surface area contributed by atoms with Gasteiger partial charge >= 0.3 is 5.97 Å². The highest BCUT2D eigenvalue weighted by Crippen LogP contribution is 2.31. The summed E-state index contributed by atoms with van der Waals surface area (Å²) < 4.78 is 0. The van der Waals surface area contributed by atoms with Gasteiger partial charge in [-0.25, -0.2) is 0 Å². The van der Waals surface area contributed by atoms with Crippen molar-refractivity contribution >= 4 is 17.6 Å². The Bertz CT molecular complexity index is 454. The number of hydrogen-bond donors (Lipinski definition) is 1. The summed E-state index contributed by atoms with van der Waals surface area (Å²) in [6, 6.07) is 9.73. The van der Waals surface area contributed by atoms with Gasteiger partial charge in [0, 0.05) is 25.1 Å². The maximum absolute atomic E-state index is 12.3. The van der Waals surface area contributed by atoms with Crippen molar-refractivity contribution < 1.29 is 14.7 Å². The zero-order valence-electron chi connectivity index (χ0n) is 11.6. The van der Waals surface area contributed by atoms with Crippen molar-refractivity contribution in [3.05, 3.63) is 30.3 Å². The van der Waals surface area contributed by atoms with E-state index in [1.165, 1.54) is 12.8 Å². The van der Waals surface area contributed by atoms with E-state index in [-0.39, 0.29) is 12.3 Å². The maximum atomic E-state index is 12.3. The fraction of sp³-hybridized carbons (Fsp3) is 0.500. The summed E-state index contributed by atoms with van der Waals surface area (Å²) >= 11 is 0. The van der Waals surface area contributed by atoms with Crippen LogP contribution < -0.4 is 4.90 Å². The standard InChI is InChI=1S/C16H21NO3/c18-15(8-4-5-9-16(19)20)17(12-13-10-11-13)14-6-2-1-3-7-14/h1-3,6-7,13H,4-5,8-12H2,(H,19,20). The van der Waals surface area contributed by atoms with Gasteiger partial charge in [0.15, 0.2) is 0 Å². The van der Waals surface area contributed by atoms with Gasteiger partial charge in [0.2, 0.25) is 5.91 Å². The first-order valence-electron chi connectivity index (χ1n) is 7.24.